The number of carbonyl (C=O) groups is 1. The largest absolute Gasteiger partial charge is 0.366 e. The summed E-state index contributed by atoms with van der Waals surface area (Å²) >= 11 is 0. The molecule has 7 rings (SSSR count). The third kappa shape index (κ3) is 4.98. The van der Waals surface area contributed by atoms with E-state index in [-0.39, 0.29) is 28.0 Å². The Hall–Kier alpha value is -5.74. The van der Waals surface area contributed by atoms with Gasteiger partial charge in [0.05, 0.1) is 10.5 Å². The van der Waals surface area contributed by atoms with Crippen LogP contribution in [0.4, 0.5) is 4.39 Å². The van der Waals surface area contributed by atoms with E-state index in [1.54, 1.807) is 54.9 Å². The maximum Gasteiger partial charge on any atom is 0.269 e. The number of aromatic nitrogens is 4. The number of rotatable bonds is 7. The first kappa shape index (κ1) is 29.0. The summed E-state index contributed by atoms with van der Waals surface area (Å²) in [6, 6.07) is 26.0. The maximum absolute atomic E-state index is 16.0. The zero-order valence-corrected chi connectivity index (χ0v) is 25.4. The van der Waals surface area contributed by atoms with Gasteiger partial charge in [-0.1, -0.05) is 54.1 Å². The average molecular weight is 628 g/mol. The minimum Gasteiger partial charge on any atom is -0.366 e. The number of carbonyl (C=O) groups excluding carboxylic acids is 1. The zero-order chi connectivity index (χ0) is 32.0. The third-order valence-electron chi connectivity index (χ3n) is 7.98. The SMILES string of the molecule is Cc1ccc(S(=O)(=O)n2c(Cc3ccccc3)c(-c3cc(F)c4nccc(-c5cccnc5)c4c3)c3cc(C(N)=O)cnc32)cc1. The van der Waals surface area contributed by atoms with Crippen molar-refractivity contribution in [3.05, 3.63) is 144 Å². The Balaban J connectivity index is 1.61. The lowest BCUT2D eigenvalue weighted by atomic mass is 9.94. The lowest BCUT2D eigenvalue weighted by Gasteiger charge is -2.14. The first-order valence-corrected chi connectivity index (χ1v) is 15.8. The molecule has 8 nitrogen and oxygen atoms in total. The second-order valence-corrected chi connectivity index (χ2v) is 12.8. The van der Waals surface area contributed by atoms with Gasteiger partial charge in [-0.2, -0.15) is 0 Å². The van der Waals surface area contributed by atoms with Gasteiger partial charge in [-0.15, -0.1) is 0 Å². The number of pyridine rings is 3. The Morgan fingerprint density at radius 1 is 0.848 bits per heavy atom. The zero-order valence-electron chi connectivity index (χ0n) is 24.6. The summed E-state index contributed by atoms with van der Waals surface area (Å²) in [6.07, 6.45) is 6.29. The standard InChI is InChI=1S/C36H26FN5O3S/c1-22-9-11-27(12-10-22)46(44,45)42-32(16-23-6-3-2-4-7-23)33(30-18-26(35(38)43)21-41-36(30)42)25-17-29-28(24-8-5-14-39-20-24)13-15-40-34(29)31(37)19-25/h2-15,17-21H,16H2,1H3,(H2,38,43). The van der Waals surface area contributed by atoms with E-state index in [2.05, 4.69) is 15.0 Å². The molecule has 226 valence electrons. The van der Waals surface area contributed by atoms with Crippen LogP contribution < -0.4 is 5.73 Å². The molecule has 0 aliphatic rings. The third-order valence-corrected chi connectivity index (χ3v) is 9.72. The van der Waals surface area contributed by atoms with Crippen molar-refractivity contribution in [1.82, 2.24) is 18.9 Å². The Kier molecular flexibility index (Phi) is 7.13. The van der Waals surface area contributed by atoms with E-state index < -0.39 is 21.7 Å². The van der Waals surface area contributed by atoms with Crippen molar-refractivity contribution in [2.75, 3.05) is 0 Å². The quantitative estimate of drug-likeness (QED) is 0.210. The van der Waals surface area contributed by atoms with Gasteiger partial charge >= 0.3 is 0 Å². The van der Waals surface area contributed by atoms with Gasteiger partial charge < -0.3 is 5.73 Å². The van der Waals surface area contributed by atoms with Gasteiger partial charge in [0.25, 0.3) is 10.0 Å². The molecule has 0 bridgehead atoms. The Morgan fingerprint density at radius 3 is 2.35 bits per heavy atom. The molecule has 4 aromatic heterocycles. The van der Waals surface area contributed by atoms with Crippen molar-refractivity contribution in [1.29, 1.82) is 0 Å². The maximum atomic E-state index is 16.0. The fraction of sp³-hybridized carbons (Fsp3) is 0.0556. The van der Waals surface area contributed by atoms with Crippen molar-refractivity contribution in [3.8, 4) is 22.3 Å². The number of nitrogens with zero attached hydrogens (tertiary/aromatic N) is 4. The van der Waals surface area contributed by atoms with E-state index in [0.717, 1.165) is 16.7 Å². The Bertz CT molecular complexity index is 2390. The van der Waals surface area contributed by atoms with E-state index in [1.165, 1.54) is 28.5 Å². The van der Waals surface area contributed by atoms with Crippen LogP contribution in [0.1, 0.15) is 27.2 Å². The van der Waals surface area contributed by atoms with Gasteiger partial charge in [0, 0.05) is 58.8 Å². The molecule has 10 heteroatoms. The van der Waals surface area contributed by atoms with Crippen molar-refractivity contribution in [2.24, 2.45) is 5.73 Å². The Labute approximate surface area is 264 Å². The number of primary amides is 1. The van der Waals surface area contributed by atoms with Crippen LogP contribution in [0.3, 0.4) is 0 Å². The summed E-state index contributed by atoms with van der Waals surface area (Å²) in [4.78, 5) is 25.4. The highest BCUT2D eigenvalue weighted by Crippen LogP contribution is 2.41. The van der Waals surface area contributed by atoms with E-state index in [4.69, 9.17) is 5.73 Å². The molecular formula is C36H26FN5O3S. The first-order valence-electron chi connectivity index (χ1n) is 14.4. The number of fused-ring (bicyclic) bond motifs is 2. The normalized spacial score (nSPS) is 11.7. The fourth-order valence-corrected chi connectivity index (χ4v) is 7.31. The van der Waals surface area contributed by atoms with Gasteiger partial charge in [-0.05, 0) is 66.1 Å². The van der Waals surface area contributed by atoms with Crippen molar-refractivity contribution in [3.63, 3.8) is 0 Å². The average Bonchev–Trinajstić information content (AvgIpc) is 3.39. The number of halogens is 1. The molecule has 0 fully saturated rings. The number of amides is 1. The molecule has 46 heavy (non-hydrogen) atoms. The summed E-state index contributed by atoms with van der Waals surface area (Å²) < 4.78 is 46.2. The van der Waals surface area contributed by atoms with Crippen LogP contribution in [0.15, 0.2) is 121 Å². The molecule has 2 N–H and O–H groups in total. The molecule has 0 atom stereocenters. The summed E-state index contributed by atoms with van der Waals surface area (Å²) in [6.45, 7) is 1.87. The van der Waals surface area contributed by atoms with E-state index in [9.17, 15) is 13.2 Å². The number of hydrogen-bond acceptors (Lipinski definition) is 6. The smallest absolute Gasteiger partial charge is 0.269 e. The number of aryl methyl sites for hydroxylation is 1. The molecule has 7 aromatic rings. The molecule has 0 unspecified atom stereocenters. The highest BCUT2D eigenvalue weighted by Gasteiger charge is 2.30. The van der Waals surface area contributed by atoms with Crippen molar-refractivity contribution >= 4 is 37.9 Å². The second-order valence-electron chi connectivity index (χ2n) is 11.0. The predicted octanol–water partition coefficient (Wildman–Crippen LogP) is 6.69. The predicted molar refractivity (Wildman–Crippen MR) is 175 cm³/mol. The summed E-state index contributed by atoms with van der Waals surface area (Å²) in [7, 11) is -4.23. The fourth-order valence-electron chi connectivity index (χ4n) is 5.80. The van der Waals surface area contributed by atoms with Crippen LogP contribution in [-0.2, 0) is 16.4 Å². The summed E-state index contributed by atoms with van der Waals surface area (Å²) in [5, 5.41) is 0.848. The highest BCUT2D eigenvalue weighted by atomic mass is 32.2. The molecule has 0 saturated heterocycles. The molecular weight excluding hydrogens is 601 g/mol. The number of hydrogen-bond donors (Lipinski definition) is 1. The second kappa shape index (κ2) is 11.3. The molecule has 1 amide bonds. The molecule has 0 spiro atoms. The molecule has 0 radical (unpaired) electrons. The van der Waals surface area contributed by atoms with Crippen LogP contribution in [0.5, 0.6) is 0 Å². The van der Waals surface area contributed by atoms with Crippen LogP contribution in [0, 0.1) is 12.7 Å². The number of benzene rings is 3. The molecule has 0 aliphatic carbocycles. The molecule has 3 aromatic carbocycles. The van der Waals surface area contributed by atoms with Gasteiger partial charge in [0.1, 0.15) is 11.3 Å². The molecule has 4 heterocycles. The van der Waals surface area contributed by atoms with Crippen LogP contribution in [0.2, 0.25) is 0 Å². The van der Waals surface area contributed by atoms with Crippen LogP contribution in [0.25, 0.3) is 44.2 Å². The lowest BCUT2D eigenvalue weighted by Crippen LogP contribution is -2.17. The highest BCUT2D eigenvalue weighted by molar-refractivity contribution is 7.90. The first-order chi connectivity index (χ1) is 22.2. The minimum absolute atomic E-state index is 0.0596. The number of nitrogens with two attached hydrogens (primary N) is 1. The van der Waals surface area contributed by atoms with Crippen LogP contribution >= 0.6 is 0 Å². The van der Waals surface area contributed by atoms with Gasteiger partial charge in [0.2, 0.25) is 5.91 Å². The van der Waals surface area contributed by atoms with E-state index in [0.29, 0.717) is 33.2 Å². The molecule has 0 saturated carbocycles. The van der Waals surface area contributed by atoms with Crippen LogP contribution in [-0.4, -0.2) is 33.2 Å². The monoisotopic (exact) mass is 627 g/mol. The van der Waals surface area contributed by atoms with Gasteiger partial charge in [-0.25, -0.2) is 21.8 Å². The summed E-state index contributed by atoms with van der Waals surface area (Å²) in [5.41, 5.74) is 10.3. The lowest BCUT2D eigenvalue weighted by molar-refractivity contribution is 0.1000. The van der Waals surface area contributed by atoms with E-state index >= 15 is 4.39 Å². The van der Waals surface area contributed by atoms with Crippen molar-refractivity contribution < 1.29 is 17.6 Å². The van der Waals surface area contributed by atoms with Gasteiger partial charge in [-0.3, -0.25) is 14.8 Å². The van der Waals surface area contributed by atoms with Gasteiger partial charge in [0.15, 0.2) is 5.65 Å². The topological polar surface area (TPSA) is 121 Å². The van der Waals surface area contributed by atoms with Crippen molar-refractivity contribution in [2.45, 2.75) is 18.2 Å². The minimum atomic E-state index is -4.23. The molecule has 0 aliphatic heterocycles. The summed E-state index contributed by atoms with van der Waals surface area (Å²) in [5.74, 6) is -1.32. The Morgan fingerprint density at radius 2 is 1.63 bits per heavy atom. The van der Waals surface area contributed by atoms with E-state index in [1.807, 2.05) is 43.3 Å².